The summed E-state index contributed by atoms with van der Waals surface area (Å²) in [4.78, 5) is 7.35. The molecular weight excluding hydrogens is 236 g/mol. The first kappa shape index (κ1) is 12.6. The fourth-order valence-electron chi connectivity index (χ4n) is 2.96. The van der Waals surface area contributed by atoms with Crippen LogP contribution in [0.15, 0.2) is 24.3 Å². The van der Waals surface area contributed by atoms with Gasteiger partial charge < -0.3 is 9.88 Å². The molecule has 1 fully saturated rings. The van der Waals surface area contributed by atoms with Gasteiger partial charge in [-0.25, -0.2) is 4.98 Å². The number of para-hydroxylation sites is 2. The molecule has 1 atom stereocenters. The lowest BCUT2D eigenvalue weighted by Crippen LogP contribution is -2.32. The Kier molecular flexibility index (Phi) is 3.53. The molecule has 0 saturated carbocycles. The molecule has 0 aliphatic carbocycles. The Balaban J connectivity index is 1.92. The number of rotatable bonds is 2. The van der Waals surface area contributed by atoms with Crippen LogP contribution in [0.3, 0.4) is 0 Å². The normalized spacial score (nSPS) is 19.5. The molecule has 1 saturated heterocycles. The lowest BCUT2D eigenvalue weighted by molar-refractivity contribution is 0.215. The Morgan fingerprint density at radius 3 is 2.89 bits per heavy atom. The summed E-state index contributed by atoms with van der Waals surface area (Å²) < 4.78 is 2.23. The van der Waals surface area contributed by atoms with Crippen LogP contribution in [0.25, 0.3) is 11.0 Å². The number of hydrogen-bond donors (Lipinski definition) is 1. The number of benzene rings is 1. The van der Waals surface area contributed by atoms with Gasteiger partial charge in [0.25, 0.3) is 0 Å². The molecule has 1 aliphatic rings. The molecule has 1 aromatic heterocycles. The van der Waals surface area contributed by atoms with E-state index in [1.54, 1.807) is 0 Å². The van der Waals surface area contributed by atoms with E-state index in [9.17, 15) is 0 Å². The molecule has 102 valence electrons. The van der Waals surface area contributed by atoms with E-state index in [2.05, 4.69) is 53.0 Å². The molecule has 1 N–H and O–H groups in total. The van der Waals surface area contributed by atoms with Gasteiger partial charge in [0, 0.05) is 26.7 Å². The third-order valence-electron chi connectivity index (χ3n) is 4.12. The van der Waals surface area contributed by atoms with Crippen molar-refractivity contribution in [1.29, 1.82) is 0 Å². The third kappa shape index (κ3) is 2.38. The molecule has 0 spiro atoms. The summed E-state index contributed by atoms with van der Waals surface area (Å²) in [5, 5.41) is 3.46. The van der Waals surface area contributed by atoms with E-state index in [4.69, 9.17) is 4.98 Å². The number of nitrogens with one attached hydrogen (secondary N) is 1. The largest absolute Gasteiger partial charge is 0.330 e. The second-order valence-corrected chi connectivity index (χ2v) is 5.33. The average molecular weight is 258 g/mol. The fraction of sp³-hybridized carbons (Fsp3) is 0.533. The average Bonchev–Trinajstić information content (AvgIpc) is 2.64. The van der Waals surface area contributed by atoms with Crippen molar-refractivity contribution in [3.05, 3.63) is 30.1 Å². The van der Waals surface area contributed by atoms with Crippen LogP contribution in [0.5, 0.6) is 0 Å². The molecule has 1 unspecified atom stereocenters. The van der Waals surface area contributed by atoms with E-state index >= 15 is 0 Å². The van der Waals surface area contributed by atoms with Gasteiger partial charge >= 0.3 is 0 Å². The molecule has 0 bridgehead atoms. The number of nitrogens with zero attached hydrogens (tertiary/aromatic N) is 3. The standard InChI is InChI=1S/C15H22N4/c1-12(19-10-5-8-16-9-11-19)15-17-13-6-3-4-7-14(13)18(15)2/h3-4,6-7,12,16H,5,8-11H2,1-2H3. The first-order valence-corrected chi connectivity index (χ1v) is 7.13. The van der Waals surface area contributed by atoms with Gasteiger partial charge in [0.05, 0.1) is 17.1 Å². The van der Waals surface area contributed by atoms with E-state index in [1.165, 1.54) is 17.8 Å². The predicted molar refractivity (Wildman–Crippen MR) is 78.2 cm³/mol. The number of aromatic nitrogens is 2. The van der Waals surface area contributed by atoms with Crippen molar-refractivity contribution in [3.63, 3.8) is 0 Å². The van der Waals surface area contributed by atoms with Crippen LogP contribution in [0.2, 0.25) is 0 Å². The van der Waals surface area contributed by atoms with Gasteiger partial charge in [-0.15, -0.1) is 0 Å². The number of hydrogen-bond acceptors (Lipinski definition) is 3. The second kappa shape index (κ2) is 5.31. The Morgan fingerprint density at radius 2 is 2.05 bits per heavy atom. The Morgan fingerprint density at radius 1 is 1.21 bits per heavy atom. The lowest BCUT2D eigenvalue weighted by Gasteiger charge is -2.26. The van der Waals surface area contributed by atoms with Crippen molar-refractivity contribution >= 4 is 11.0 Å². The Bertz CT molecular complexity index is 552. The highest BCUT2D eigenvalue weighted by atomic mass is 15.2. The summed E-state index contributed by atoms with van der Waals surface area (Å²) in [6.45, 7) is 6.73. The third-order valence-corrected chi connectivity index (χ3v) is 4.12. The van der Waals surface area contributed by atoms with Gasteiger partial charge in [-0.05, 0) is 32.0 Å². The van der Waals surface area contributed by atoms with Crippen molar-refractivity contribution in [2.24, 2.45) is 7.05 Å². The van der Waals surface area contributed by atoms with Crippen LogP contribution >= 0.6 is 0 Å². The van der Waals surface area contributed by atoms with Gasteiger partial charge in [-0.3, -0.25) is 4.90 Å². The fourth-order valence-corrected chi connectivity index (χ4v) is 2.96. The zero-order valence-corrected chi connectivity index (χ0v) is 11.8. The van der Waals surface area contributed by atoms with Gasteiger partial charge in [0.15, 0.2) is 0 Å². The summed E-state index contributed by atoms with van der Waals surface area (Å²) in [7, 11) is 2.12. The molecule has 2 aromatic rings. The van der Waals surface area contributed by atoms with Crippen LogP contribution < -0.4 is 5.32 Å². The smallest absolute Gasteiger partial charge is 0.126 e. The van der Waals surface area contributed by atoms with Crippen LogP contribution in [0, 0.1) is 0 Å². The zero-order valence-electron chi connectivity index (χ0n) is 11.8. The molecule has 0 amide bonds. The van der Waals surface area contributed by atoms with Crippen LogP contribution in [0.4, 0.5) is 0 Å². The summed E-state index contributed by atoms with van der Waals surface area (Å²) in [6.07, 6.45) is 1.22. The number of aryl methyl sites for hydroxylation is 1. The minimum absolute atomic E-state index is 0.372. The van der Waals surface area contributed by atoms with E-state index in [0.29, 0.717) is 6.04 Å². The first-order chi connectivity index (χ1) is 9.27. The topological polar surface area (TPSA) is 33.1 Å². The maximum absolute atomic E-state index is 4.82. The molecule has 1 aliphatic heterocycles. The number of imidazole rings is 1. The van der Waals surface area contributed by atoms with Crippen molar-refractivity contribution in [2.75, 3.05) is 26.2 Å². The second-order valence-electron chi connectivity index (χ2n) is 5.33. The summed E-state index contributed by atoms with van der Waals surface area (Å²) in [5.41, 5.74) is 2.32. The van der Waals surface area contributed by atoms with Gasteiger partial charge in [-0.2, -0.15) is 0 Å². The van der Waals surface area contributed by atoms with Gasteiger partial charge in [-0.1, -0.05) is 12.1 Å². The van der Waals surface area contributed by atoms with Gasteiger partial charge in [0.1, 0.15) is 5.82 Å². The molecule has 4 heteroatoms. The van der Waals surface area contributed by atoms with Crippen LogP contribution in [0.1, 0.15) is 25.2 Å². The maximum atomic E-state index is 4.82. The Labute approximate surface area is 114 Å². The van der Waals surface area contributed by atoms with Crippen molar-refractivity contribution in [2.45, 2.75) is 19.4 Å². The highest BCUT2D eigenvalue weighted by molar-refractivity contribution is 5.75. The monoisotopic (exact) mass is 258 g/mol. The van der Waals surface area contributed by atoms with Crippen molar-refractivity contribution < 1.29 is 0 Å². The van der Waals surface area contributed by atoms with Crippen LogP contribution in [-0.4, -0.2) is 40.6 Å². The SMILES string of the molecule is CC(c1nc2ccccc2n1C)N1CCCNCC1. The quantitative estimate of drug-likeness (QED) is 0.893. The van der Waals surface area contributed by atoms with Gasteiger partial charge in [0.2, 0.25) is 0 Å². The van der Waals surface area contributed by atoms with E-state index < -0.39 is 0 Å². The Hall–Kier alpha value is -1.39. The number of fused-ring (bicyclic) bond motifs is 1. The summed E-state index contributed by atoms with van der Waals surface area (Å²) in [6, 6.07) is 8.74. The van der Waals surface area contributed by atoms with E-state index in [-0.39, 0.29) is 0 Å². The minimum atomic E-state index is 0.372. The molecule has 1 aromatic carbocycles. The molecular formula is C15H22N4. The maximum Gasteiger partial charge on any atom is 0.126 e. The molecule has 2 heterocycles. The summed E-state index contributed by atoms with van der Waals surface area (Å²) >= 11 is 0. The van der Waals surface area contributed by atoms with Crippen molar-refractivity contribution in [3.8, 4) is 0 Å². The molecule has 0 radical (unpaired) electrons. The molecule has 3 rings (SSSR count). The predicted octanol–water partition coefficient (Wildman–Crippen LogP) is 1.93. The first-order valence-electron chi connectivity index (χ1n) is 7.13. The van der Waals surface area contributed by atoms with Crippen LogP contribution in [-0.2, 0) is 7.05 Å². The molecule has 4 nitrogen and oxygen atoms in total. The zero-order chi connectivity index (χ0) is 13.2. The molecule has 19 heavy (non-hydrogen) atoms. The van der Waals surface area contributed by atoms with Crippen molar-refractivity contribution in [1.82, 2.24) is 19.8 Å². The highest BCUT2D eigenvalue weighted by Gasteiger charge is 2.21. The minimum Gasteiger partial charge on any atom is -0.330 e. The lowest BCUT2D eigenvalue weighted by atomic mass is 10.2. The highest BCUT2D eigenvalue weighted by Crippen LogP contribution is 2.23. The summed E-state index contributed by atoms with van der Waals surface area (Å²) in [5.74, 6) is 1.17. The van der Waals surface area contributed by atoms with E-state index in [1.807, 2.05) is 0 Å². The van der Waals surface area contributed by atoms with E-state index in [0.717, 1.165) is 31.7 Å².